The second-order valence-corrected chi connectivity index (χ2v) is 11.4. The summed E-state index contributed by atoms with van der Waals surface area (Å²) < 4.78 is 16.8. The van der Waals surface area contributed by atoms with Gasteiger partial charge in [0, 0.05) is 54.9 Å². The summed E-state index contributed by atoms with van der Waals surface area (Å²) in [5, 5.41) is 3.05. The molecule has 9 heteroatoms. The van der Waals surface area contributed by atoms with E-state index in [0.29, 0.717) is 6.61 Å². The molecule has 2 fully saturated rings. The molecule has 3 heterocycles. The van der Waals surface area contributed by atoms with Crippen LogP contribution < -0.4 is 15.4 Å². The van der Waals surface area contributed by atoms with Crippen molar-refractivity contribution in [2.24, 2.45) is 11.8 Å². The summed E-state index contributed by atoms with van der Waals surface area (Å²) in [7, 11) is 1.46. The number of piperidine rings is 1. The predicted octanol–water partition coefficient (Wildman–Crippen LogP) is 4.75. The highest BCUT2D eigenvalue weighted by Gasteiger charge is 2.33. The SMILES string of the molecule is COC(=O)[C@@H]1CCN(c2nc(-c3cc(C)ccc3OCc3ccc(CN4CCOCC4)cc3N)cs2)C[C@@H]1C. The average molecular weight is 551 g/mol. The van der Waals surface area contributed by atoms with Crippen LogP contribution in [0.25, 0.3) is 11.3 Å². The molecule has 2 aliphatic rings. The molecule has 3 aromatic rings. The van der Waals surface area contributed by atoms with E-state index in [1.54, 1.807) is 11.3 Å². The topological polar surface area (TPSA) is 90.1 Å². The third-order valence-electron chi connectivity index (χ3n) is 7.69. The Morgan fingerprint density at radius 3 is 2.74 bits per heavy atom. The number of aromatic nitrogens is 1. The van der Waals surface area contributed by atoms with E-state index in [9.17, 15) is 4.79 Å². The first-order chi connectivity index (χ1) is 18.9. The van der Waals surface area contributed by atoms with Crippen LogP contribution in [0.4, 0.5) is 10.8 Å². The van der Waals surface area contributed by atoms with Gasteiger partial charge in [0.25, 0.3) is 0 Å². The molecule has 0 radical (unpaired) electrons. The number of methoxy groups -OCH3 is 1. The second kappa shape index (κ2) is 12.4. The number of rotatable bonds is 8. The number of morpholine rings is 1. The van der Waals surface area contributed by atoms with Crippen LogP contribution in [-0.2, 0) is 27.4 Å². The van der Waals surface area contributed by atoms with Gasteiger partial charge in [0.05, 0.1) is 31.9 Å². The lowest BCUT2D eigenvalue weighted by molar-refractivity contribution is -0.147. The fraction of sp³-hybridized carbons (Fsp3) is 0.467. The van der Waals surface area contributed by atoms with Crippen LogP contribution in [0.1, 0.15) is 30.0 Å². The van der Waals surface area contributed by atoms with Crippen molar-refractivity contribution in [3.05, 3.63) is 58.5 Å². The summed E-state index contributed by atoms with van der Waals surface area (Å²) in [6, 6.07) is 12.4. The molecule has 2 saturated heterocycles. The molecule has 39 heavy (non-hydrogen) atoms. The second-order valence-electron chi connectivity index (χ2n) is 10.6. The minimum Gasteiger partial charge on any atom is -0.488 e. The summed E-state index contributed by atoms with van der Waals surface area (Å²) in [4.78, 5) is 21.7. The number of aryl methyl sites for hydroxylation is 1. The first-order valence-electron chi connectivity index (χ1n) is 13.6. The van der Waals surface area contributed by atoms with Gasteiger partial charge in [-0.3, -0.25) is 9.69 Å². The largest absolute Gasteiger partial charge is 0.488 e. The van der Waals surface area contributed by atoms with Crippen LogP contribution in [-0.4, -0.2) is 62.4 Å². The Morgan fingerprint density at radius 1 is 1.18 bits per heavy atom. The number of nitrogen functional groups attached to an aromatic ring is 1. The van der Waals surface area contributed by atoms with Crippen molar-refractivity contribution in [1.82, 2.24) is 9.88 Å². The summed E-state index contributed by atoms with van der Waals surface area (Å²) in [5.41, 5.74) is 12.4. The van der Waals surface area contributed by atoms with Gasteiger partial charge >= 0.3 is 5.97 Å². The Balaban J connectivity index is 1.26. The first-order valence-corrected chi connectivity index (χ1v) is 14.5. The Hall–Kier alpha value is -3.14. The number of anilines is 2. The summed E-state index contributed by atoms with van der Waals surface area (Å²) in [6.07, 6.45) is 0.772. The lowest BCUT2D eigenvalue weighted by Gasteiger charge is -2.35. The van der Waals surface area contributed by atoms with E-state index in [2.05, 4.69) is 59.4 Å². The van der Waals surface area contributed by atoms with Gasteiger partial charge in [-0.05, 0) is 43.0 Å². The molecule has 0 unspecified atom stereocenters. The smallest absolute Gasteiger partial charge is 0.309 e. The molecule has 0 bridgehead atoms. The van der Waals surface area contributed by atoms with Crippen LogP contribution in [0.3, 0.4) is 0 Å². The molecule has 0 amide bonds. The van der Waals surface area contributed by atoms with Crippen molar-refractivity contribution in [2.75, 3.05) is 57.1 Å². The quantitative estimate of drug-likeness (QED) is 0.318. The summed E-state index contributed by atoms with van der Waals surface area (Å²) >= 11 is 1.63. The number of carbonyl (C=O) groups is 1. The van der Waals surface area contributed by atoms with Gasteiger partial charge in [-0.1, -0.05) is 30.7 Å². The zero-order chi connectivity index (χ0) is 27.4. The molecule has 0 saturated carbocycles. The highest BCUT2D eigenvalue weighted by atomic mass is 32.1. The van der Waals surface area contributed by atoms with Crippen molar-refractivity contribution in [2.45, 2.75) is 33.4 Å². The number of ether oxygens (including phenoxy) is 3. The van der Waals surface area contributed by atoms with Gasteiger partial charge in [0.2, 0.25) is 0 Å². The zero-order valence-electron chi connectivity index (χ0n) is 23.0. The van der Waals surface area contributed by atoms with E-state index in [4.69, 9.17) is 24.9 Å². The zero-order valence-corrected chi connectivity index (χ0v) is 23.8. The maximum atomic E-state index is 12.1. The monoisotopic (exact) mass is 550 g/mol. The molecule has 208 valence electrons. The van der Waals surface area contributed by atoms with E-state index < -0.39 is 0 Å². The maximum absolute atomic E-state index is 12.1. The lowest BCUT2D eigenvalue weighted by Crippen LogP contribution is -2.42. The van der Waals surface area contributed by atoms with Gasteiger partial charge < -0.3 is 24.8 Å². The molecule has 5 rings (SSSR count). The molecule has 8 nitrogen and oxygen atoms in total. The molecule has 2 aliphatic heterocycles. The number of nitrogens with two attached hydrogens (primary N) is 1. The van der Waals surface area contributed by atoms with Crippen molar-refractivity contribution < 1.29 is 19.0 Å². The van der Waals surface area contributed by atoms with Crippen molar-refractivity contribution >= 4 is 28.1 Å². The van der Waals surface area contributed by atoms with Crippen molar-refractivity contribution in [3.63, 3.8) is 0 Å². The molecular weight excluding hydrogens is 512 g/mol. The Kier molecular flexibility index (Phi) is 8.69. The minimum atomic E-state index is -0.115. The Labute approximate surface area is 234 Å². The number of esters is 1. The van der Waals surface area contributed by atoms with E-state index in [1.807, 2.05) is 6.07 Å². The fourth-order valence-corrected chi connectivity index (χ4v) is 6.23. The highest BCUT2D eigenvalue weighted by molar-refractivity contribution is 7.14. The third-order valence-corrected chi connectivity index (χ3v) is 8.59. The number of benzene rings is 2. The normalized spacial score (nSPS) is 20.1. The van der Waals surface area contributed by atoms with Crippen molar-refractivity contribution in [3.8, 4) is 17.0 Å². The first kappa shape index (κ1) is 27.4. The van der Waals surface area contributed by atoms with E-state index >= 15 is 0 Å². The summed E-state index contributed by atoms with van der Waals surface area (Å²) in [6.45, 7) is 10.5. The van der Waals surface area contributed by atoms with Gasteiger partial charge in [0.15, 0.2) is 5.13 Å². The van der Waals surface area contributed by atoms with Gasteiger partial charge in [-0.25, -0.2) is 4.98 Å². The lowest BCUT2D eigenvalue weighted by atomic mass is 9.87. The Bertz CT molecular complexity index is 1290. The number of carbonyl (C=O) groups excluding carboxylic acids is 1. The molecule has 1 aromatic heterocycles. The van der Waals surface area contributed by atoms with Gasteiger partial charge in [0.1, 0.15) is 12.4 Å². The highest BCUT2D eigenvalue weighted by Crippen LogP contribution is 2.37. The molecular formula is C30H38N4O4S. The van der Waals surface area contributed by atoms with E-state index in [1.165, 1.54) is 12.7 Å². The standard InChI is InChI=1S/C30H38N4O4S/c1-20-4-7-28(38-18-23-6-5-22(15-26(23)31)17-33-10-12-37-13-11-33)25(14-20)27-19-39-30(32-27)34-9-8-24(21(2)16-34)29(35)36-3/h4-7,14-15,19,21,24H,8-13,16-18,31H2,1-3H3/t21-,24+/m0/s1. The van der Waals surface area contributed by atoms with Gasteiger partial charge in [-0.15, -0.1) is 11.3 Å². The third kappa shape index (κ3) is 6.54. The van der Waals surface area contributed by atoms with Crippen LogP contribution in [0, 0.1) is 18.8 Å². The maximum Gasteiger partial charge on any atom is 0.309 e. The van der Waals surface area contributed by atoms with Crippen LogP contribution in [0.15, 0.2) is 41.8 Å². The predicted molar refractivity (Wildman–Crippen MR) is 155 cm³/mol. The number of hydrogen-bond donors (Lipinski definition) is 1. The fourth-order valence-electron chi connectivity index (χ4n) is 5.37. The number of thiazole rings is 1. The average Bonchev–Trinajstić information content (AvgIpc) is 3.43. The molecule has 2 atom stereocenters. The molecule has 2 aromatic carbocycles. The van der Waals surface area contributed by atoms with Crippen LogP contribution in [0.2, 0.25) is 0 Å². The van der Waals surface area contributed by atoms with E-state index in [-0.39, 0.29) is 17.8 Å². The molecule has 2 N–H and O–H groups in total. The van der Waals surface area contributed by atoms with E-state index in [0.717, 1.165) is 91.3 Å². The molecule has 0 spiro atoms. The van der Waals surface area contributed by atoms with Crippen LogP contribution >= 0.6 is 11.3 Å². The van der Waals surface area contributed by atoms with Crippen LogP contribution in [0.5, 0.6) is 5.75 Å². The van der Waals surface area contributed by atoms with Gasteiger partial charge in [-0.2, -0.15) is 0 Å². The minimum absolute atomic E-state index is 0.0525. The number of nitrogens with zero attached hydrogens (tertiary/aromatic N) is 3. The molecule has 0 aliphatic carbocycles. The number of hydrogen-bond acceptors (Lipinski definition) is 9. The summed E-state index contributed by atoms with van der Waals surface area (Å²) in [5.74, 6) is 0.827. The Morgan fingerprint density at radius 2 is 2.00 bits per heavy atom. The van der Waals surface area contributed by atoms with Crippen molar-refractivity contribution in [1.29, 1.82) is 0 Å².